The van der Waals surface area contributed by atoms with Gasteiger partial charge in [0.2, 0.25) is 0 Å². The summed E-state index contributed by atoms with van der Waals surface area (Å²) in [6, 6.07) is 5.30. The van der Waals surface area contributed by atoms with Crippen LogP contribution in [0.15, 0.2) is 24.3 Å². The molecular formula is C15H19FN2O2. The molecule has 2 N–H and O–H groups in total. The van der Waals surface area contributed by atoms with Crippen LogP contribution in [0, 0.1) is 11.7 Å². The van der Waals surface area contributed by atoms with Gasteiger partial charge in [0.25, 0.3) is 0 Å². The van der Waals surface area contributed by atoms with E-state index in [0.717, 1.165) is 12.8 Å². The minimum atomic E-state index is -0.715. The van der Waals surface area contributed by atoms with Crippen LogP contribution in [0.5, 0.6) is 0 Å². The summed E-state index contributed by atoms with van der Waals surface area (Å²) in [4.78, 5) is 23.3. The highest BCUT2D eigenvalue weighted by atomic mass is 19.1. The highest BCUT2D eigenvalue weighted by molar-refractivity contribution is 6.39. The third kappa shape index (κ3) is 4.33. The molecule has 0 aliphatic heterocycles. The lowest BCUT2D eigenvalue weighted by atomic mass is 9.89. The van der Waals surface area contributed by atoms with Crippen molar-refractivity contribution >= 4 is 17.5 Å². The van der Waals surface area contributed by atoms with E-state index in [2.05, 4.69) is 10.6 Å². The van der Waals surface area contributed by atoms with Crippen molar-refractivity contribution in [3.63, 3.8) is 0 Å². The lowest BCUT2D eigenvalue weighted by Gasteiger charge is -2.21. The van der Waals surface area contributed by atoms with Gasteiger partial charge >= 0.3 is 11.8 Å². The Morgan fingerprint density at radius 3 is 2.35 bits per heavy atom. The summed E-state index contributed by atoms with van der Waals surface area (Å²) in [7, 11) is 0. The number of hydrogen-bond acceptors (Lipinski definition) is 2. The summed E-state index contributed by atoms with van der Waals surface area (Å²) in [5.74, 6) is -1.26. The molecule has 108 valence electrons. The first kappa shape index (κ1) is 14.5. The molecule has 2 amide bonds. The number of nitrogens with one attached hydrogen (secondary N) is 2. The Morgan fingerprint density at radius 2 is 1.70 bits per heavy atom. The molecule has 20 heavy (non-hydrogen) atoms. The summed E-state index contributed by atoms with van der Waals surface area (Å²) in [6.45, 7) is 0.551. The summed E-state index contributed by atoms with van der Waals surface area (Å²) < 4.78 is 12.7. The van der Waals surface area contributed by atoms with Gasteiger partial charge in [0.05, 0.1) is 0 Å². The predicted octanol–water partition coefficient (Wildman–Crippen LogP) is 2.46. The van der Waals surface area contributed by atoms with Crippen LogP contribution in [0.3, 0.4) is 0 Å². The van der Waals surface area contributed by atoms with Crippen LogP contribution in [0.25, 0.3) is 0 Å². The van der Waals surface area contributed by atoms with E-state index in [9.17, 15) is 14.0 Å². The quantitative estimate of drug-likeness (QED) is 0.834. The largest absolute Gasteiger partial charge is 0.348 e. The van der Waals surface area contributed by atoms with Crippen molar-refractivity contribution < 1.29 is 14.0 Å². The van der Waals surface area contributed by atoms with Crippen LogP contribution in [0.2, 0.25) is 0 Å². The fraction of sp³-hybridized carbons (Fsp3) is 0.467. The Morgan fingerprint density at radius 1 is 1.05 bits per heavy atom. The van der Waals surface area contributed by atoms with Gasteiger partial charge < -0.3 is 10.6 Å². The third-order valence-corrected chi connectivity index (χ3v) is 3.58. The molecule has 1 aliphatic rings. The van der Waals surface area contributed by atoms with Gasteiger partial charge in [0, 0.05) is 12.2 Å². The number of halogens is 1. The Bertz CT molecular complexity index is 467. The first-order chi connectivity index (χ1) is 9.65. The molecule has 1 aromatic carbocycles. The summed E-state index contributed by atoms with van der Waals surface area (Å²) in [5, 5.41) is 5.10. The molecule has 0 spiro atoms. The van der Waals surface area contributed by atoms with Crippen molar-refractivity contribution in [2.75, 3.05) is 11.9 Å². The molecule has 0 unspecified atom stereocenters. The molecule has 0 radical (unpaired) electrons. The van der Waals surface area contributed by atoms with E-state index >= 15 is 0 Å². The van der Waals surface area contributed by atoms with Crippen molar-refractivity contribution in [1.29, 1.82) is 0 Å². The number of carbonyl (C=O) groups excluding carboxylic acids is 2. The number of amides is 2. The second-order valence-corrected chi connectivity index (χ2v) is 5.18. The molecule has 0 atom stereocenters. The predicted molar refractivity (Wildman–Crippen MR) is 74.6 cm³/mol. The van der Waals surface area contributed by atoms with E-state index < -0.39 is 11.8 Å². The van der Waals surface area contributed by atoms with Gasteiger partial charge in [-0.25, -0.2) is 4.39 Å². The average molecular weight is 278 g/mol. The van der Waals surface area contributed by atoms with E-state index in [1.54, 1.807) is 0 Å². The zero-order chi connectivity index (χ0) is 14.4. The van der Waals surface area contributed by atoms with Gasteiger partial charge in [-0.05, 0) is 43.0 Å². The maximum atomic E-state index is 12.7. The molecule has 2 rings (SSSR count). The molecule has 4 nitrogen and oxygen atoms in total. The van der Waals surface area contributed by atoms with Crippen LogP contribution in [0.4, 0.5) is 10.1 Å². The van der Waals surface area contributed by atoms with Crippen LogP contribution in [-0.4, -0.2) is 18.4 Å². The van der Waals surface area contributed by atoms with Crippen molar-refractivity contribution in [2.45, 2.75) is 32.1 Å². The number of hydrogen-bond donors (Lipinski definition) is 2. The molecule has 0 heterocycles. The monoisotopic (exact) mass is 278 g/mol. The maximum Gasteiger partial charge on any atom is 0.313 e. The van der Waals surface area contributed by atoms with E-state index in [-0.39, 0.29) is 5.82 Å². The number of carbonyl (C=O) groups is 2. The van der Waals surface area contributed by atoms with Crippen molar-refractivity contribution in [3.8, 4) is 0 Å². The SMILES string of the molecule is O=C(NCC1CCCCC1)C(=O)Nc1ccc(F)cc1. The molecule has 0 saturated heterocycles. The normalized spacial score (nSPS) is 15.7. The molecule has 1 fully saturated rings. The van der Waals surface area contributed by atoms with E-state index in [1.807, 2.05) is 0 Å². The van der Waals surface area contributed by atoms with Gasteiger partial charge in [0.15, 0.2) is 0 Å². The van der Waals surface area contributed by atoms with Crippen molar-refractivity contribution in [3.05, 3.63) is 30.1 Å². The average Bonchev–Trinajstić information content (AvgIpc) is 2.48. The highest BCUT2D eigenvalue weighted by Crippen LogP contribution is 2.22. The van der Waals surface area contributed by atoms with Gasteiger partial charge in [0.1, 0.15) is 5.82 Å². The zero-order valence-electron chi connectivity index (χ0n) is 11.3. The molecule has 0 aromatic heterocycles. The Balaban J connectivity index is 1.76. The lowest BCUT2D eigenvalue weighted by molar-refractivity contribution is -0.136. The molecule has 1 saturated carbocycles. The Kier molecular flexibility index (Phi) is 5.09. The Hall–Kier alpha value is -1.91. The first-order valence-corrected chi connectivity index (χ1v) is 7.00. The standard InChI is InChI=1S/C15H19FN2O2/c16-12-6-8-13(9-7-12)18-15(20)14(19)17-10-11-4-2-1-3-5-11/h6-9,11H,1-5,10H2,(H,17,19)(H,18,20). The first-order valence-electron chi connectivity index (χ1n) is 7.00. The van der Waals surface area contributed by atoms with Crippen LogP contribution >= 0.6 is 0 Å². The van der Waals surface area contributed by atoms with Crippen molar-refractivity contribution in [1.82, 2.24) is 5.32 Å². The molecule has 1 aromatic rings. The highest BCUT2D eigenvalue weighted by Gasteiger charge is 2.17. The minimum Gasteiger partial charge on any atom is -0.348 e. The molecule has 0 bridgehead atoms. The molecular weight excluding hydrogens is 259 g/mol. The number of benzene rings is 1. The van der Waals surface area contributed by atoms with Crippen LogP contribution in [-0.2, 0) is 9.59 Å². The molecule has 1 aliphatic carbocycles. The lowest BCUT2D eigenvalue weighted by Crippen LogP contribution is -2.38. The summed E-state index contributed by atoms with van der Waals surface area (Å²) >= 11 is 0. The van der Waals surface area contributed by atoms with Crippen LogP contribution < -0.4 is 10.6 Å². The van der Waals surface area contributed by atoms with E-state index in [1.165, 1.54) is 43.5 Å². The fourth-order valence-electron chi connectivity index (χ4n) is 2.43. The van der Waals surface area contributed by atoms with Crippen molar-refractivity contribution in [2.24, 2.45) is 5.92 Å². The minimum absolute atomic E-state index is 0.384. The number of anilines is 1. The van der Waals surface area contributed by atoms with Gasteiger partial charge in [-0.1, -0.05) is 19.3 Å². The zero-order valence-corrected chi connectivity index (χ0v) is 11.3. The van der Waals surface area contributed by atoms with E-state index in [0.29, 0.717) is 18.2 Å². The maximum absolute atomic E-state index is 12.7. The number of rotatable bonds is 3. The van der Waals surface area contributed by atoms with Crippen LogP contribution in [0.1, 0.15) is 32.1 Å². The fourth-order valence-corrected chi connectivity index (χ4v) is 2.43. The summed E-state index contributed by atoms with van der Waals surface area (Å²) in [6.07, 6.45) is 5.87. The second-order valence-electron chi connectivity index (χ2n) is 5.18. The molecule has 5 heteroatoms. The van der Waals surface area contributed by atoms with Gasteiger partial charge in [-0.15, -0.1) is 0 Å². The summed E-state index contributed by atoms with van der Waals surface area (Å²) in [5.41, 5.74) is 0.407. The Labute approximate surface area is 117 Å². The van der Waals surface area contributed by atoms with Gasteiger partial charge in [-0.2, -0.15) is 0 Å². The van der Waals surface area contributed by atoms with E-state index in [4.69, 9.17) is 0 Å². The topological polar surface area (TPSA) is 58.2 Å². The second kappa shape index (κ2) is 7.03. The van der Waals surface area contributed by atoms with Gasteiger partial charge in [-0.3, -0.25) is 9.59 Å². The third-order valence-electron chi connectivity index (χ3n) is 3.58. The smallest absolute Gasteiger partial charge is 0.313 e.